The van der Waals surface area contributed by atoms with Gasteiger partial charge in [-0.3, -0.25) is 9.59 Å². The first-order chi connectivity index (χ1) is 19.8. The Kier molecular flexibility index (Phi) is 8.35. The monoisotopic (exact) mass is 569 g/mol. The molecule has 7 heteroatoms. The number of nitrogens with zero attached hydrogens (tertiary/aromatic N) is 3. The molecule has 0 spiro atoms. The van der Waals surface area contributed by atoms with Gasteiger partial charge in [0.05, 0.1) is 24.3 Å². The number of imidazole rings is 1. The topological polar surface area (TPSA) is 93.2 Å². The zero-order valence-electron chi connectivity index (χ0n) is 26.1. The molecule has 1 aliphatic heterocycles. The van der Waals surface area contributed by atoms with Crippen molar-refractivity contribution in [3.63, 3.8) is 0 Å². The summed E-state index contributed by atoms with van der Waals surface area (Å²) in [6.45, 7) is 14.1. The first-order valence-electron chi connectivity index (χ1n) is 15.4. The number of nitrogens with one attached hydrogen (secondary N) is 1. The van der Waals surface area contributed by atoms with Crippen LogP contribution >= 0.6 is 0 Å². The highest BCUT2D eigenvalue weighted by Crippen LogP contribution is 2.29. The first-order valence-corrected chi connectivity index (χ1v) is 15.4. The fourth-order valence-electron chi connectivity index (χ4n) is 6.15. The molecule has 2 aliphatic rings. The second-order valence-corrected chi connectivity index (χ2v) is 14.3. The number of aromatic nitrogens is 2. The van der Waals surface area contributed by atoms with Gasteiger partial charge < -0.3 is 20.5 Å². The van der Waals surface area contributed by atoms with Gasteiger partial charge >= 0.3 is 0 Å². The van der Waals surface area contributed by atoms with Crippen molar-refractivity contribution in [2.24, 2.45) is 5.73 Å². The summed E-state index contributed by atoms with van der Waals surface area (Å²) in [6, 6.07) is 15.8. The molecule has 7 nitrogen and oxygen atoms in total. The average molecular weight is 570 g/mol. The van der Waals surface area contributed by atoms with Gasteiger partial charge in [-0.05, 0) is 52.5 Å². The standard InChI is InChI=1S/C35H47N5O2/c1-34(2,3)25-15-11-23(12-16-25)20-39-22-37-29-19-30(32(41)38-28-10-8-7-9-27(28)36)40(21-31(29)39)33(42)24-13-17-26(18-14-24)35(4,5)6/h11-18,22,27-28,30H,7-10,19-21,36H2,1-6H3,(H,38,41). The number of carbonyl (C=O) groups excluding carboxylic acids is 2. The van der Waals surface area contributed by atoms with Crippen LogP contribution in [0.4, 0.5) is 0 Å². The van der Waals surface area contributed by atoms with Crippen molar-refractivity contribution in [2.45, 2.75) is 116 Å². The van der Waals surface area contributed by atoms with Crippen LogP contribution < -0.4 is 11.1 Å². The van der Waals surface area contributed by atoms with Gasteiger partial charge in [-0.1, -0.05) is 90.8 Å². The van der Waals surface area contributed by atoms with E-state index in [0.29, 0.717) is 25.1 Å². The molecule has 2 heterocycles. The maximum absolute atomic E-state index is 14.1. The maximum Gasteiger partial charge on any atom is 0.254 e. The van der Waals surface area contributed by atoms with Crippen LogP contribution in [0.15, 0.2) is 54.9 Å². The van der Waals surface area contributed by atoms with Crippen molar-refractivity contribution in [3.8, 4) is 0 Å². The second kappa shape index (κ2) is 11.7. The minimum absolute atomic E-state index is 0.0135. The van der Waals surface area contributed by atoms with E-state index < -0.39 is 6.04 Å². The number of nitrogens with two attached hydrogens (primary N) is 1. The minimum atomic E-state index is -0.643. The smallest absolute Gasteiger partial charge is 0.254 e. The van der Waals surface area contributed by atoms with Crippen LogP contribution in [0, 0.1) is 0 Å². The third-order valence-corrected chi connectivity index (χ3v) is 9.00. The predicted molar refractivity (Wildman–Crippen MR) is 167 cm³/mol. The van der Waals surface area contributed by atoms with E-state index in [2.05, 4.69) is 75.7 Å². The molecule has 0 radical (unpaired) electrons. The lowest BCUT2D eigenvalue weighted by Crippen LogP contribution is -2.57. The van der Waals surface area contributed by atoms with Crippen LogP contribution in [0.1, 0.15) is 106 Å². The minimum Gasteiger partial charge on any atom is -0.350 e. The number of fused-ring (bicyclic) bond motifs is 1. The van der Waals surface area contributed by atoms with E-state index in [1.807, 2.05) is 30.6 Å². The highest BCUT2D eigenvalue weighted by molar-refractivity contribution is 5.98. The van der Waals surface area contributed by atoms with Crippen molar-refractivity contribution in [2.75, 3.05) is 0 Å². The molecule has 3 aromatic rings. The Labute approximate surface area is 250 Å². The van der Waals surface area contributed by atoms with Gasteiger partial charge in [0.15, 0.2) is 0 Å². The molecule has 3 N–H and O–H groups in total. The Hall–Kier alpha value is -3.45. The summed E-state index contributed by atoms with van der Waals surface area (Å²) in [5, 5.41) is 3.21. The van der Waals surface area contributed by atoms with Gasteiger partial charge in [0.1, 0.15) is 6.04 Å². The number of carbonyl (C=O) groups is 2. The van der Waals surface area contributed by atoms with Crippen molar-refractivity contribution < 1.29 is 9.59 Å². The fraction of sp³-hybridized carbons (Fsp3) is 0.514. The average Bonchev–Trinajstić information content (AvgIpc) is 3.34. The fourth-order valence-corrected chi connectivity index (χ4v) is 6.15. The zero-order valence-corrected chi connectivity index (χ0v) is 26.1. The quantitative estimate of drug-likeness (QED) is 0.426. The van der Waals surface area contributed by atoms with E-state index >= 15 is 0 Å². The lowest BCUT2D eigenvalue weighted by atomic mass is 9.86. The Balaban J connectivity index is 1.42. The van der Waals surface area contributed by atoms with Gasteiger partial charge in [0, 0.05) is 30.6 Å². The lowest BCUT2D eigenvalue weighted by molar-refractivity contribution is -0.127. The van der Waals surface area contributed by atoms with Gasteiger partial charge in [0.2, 0.25) is 5.91 Å². The van der Waals surface area contributed by atoms with E-state index in [0.717, 1.165) is 42.6 Å². The summed E-state index contributed by atoms with van der Waals surface area (Å²) in [7, 11) is 0. The lowest BCUT2D eigenvalue weighted by Gasteiger charge is -2.37. The third kappa shape index (κ3) is 6.46. The zero-order chi connectivity index (χ0) is 30.2. The summed E-state index contributed by atoms with van der Waals surface area (Å²) >= 11 is 0. The summed E-state index contributed by atoms with van der Waals surface area (Å²) in [5.41, 5.74) is 12.5. The van der Waals surface area contributed by atoms with Crippen LogP contribution in [-0.2, 0) is 35.1 Å². The molecule has 1 fully saturated rings. The molecule has 2 aromatic carbocycles. The van der Waals surface area contributed by atoms with Crippen LogP contribution in [0.25, 0.3) is 0 Å². The van der Waals surface area contributed by atoms with Crippen LogP contribution in [-0.4, -0.2) is 44.4 Å². The third-order valence-electron chi connectivity index (χ3n) is 9.00. The summed E-state index contributed by atoms with van der Waals surface area (Å²) in [4.78, 5) is 34.3. The molecule has 3 atom stereocenters. The van der Waals surface area contributed by atoms with Gasteiger partial charge in [-0.25, -0.2) is 4.98 Å². The molecule has 42 heavy (non-hydrogen) atoms. The molecule has 0 saturated heterocycles. The van der Waals surface area contributed by atoms with Crippen LogP contribution in [0.2, 0.25) is 0 Å². The maximum atomic E-state index is 14.1. The summed E-state index contributed by atoms with van der Waals surface area (Å²) < 4.78 is 2.12. The van der Waals surface area contributed by atoms with Crippen molar-refractivity contribution in [1.29, 1.82) is 0 Å². The van der Waals surface area contributed by atoms with E-state index in [9.17, 15) is 9.59 Å². The largest absolute Gasteiger partial charge is 0.350 e. The molecule has 1 saturated carbocycles. The predicted octanol–water partition coefficient (Wildman–Crippen LogP) is 5.48. The SMILES string of the molecule is CC(C)(C)c1ccc(Cn2cnc3c2CN(C(=O)c2ccc(C(C)(C)C)cc2)C(C(=O)NC2CCCCC2N)C3)cc1. The van der Waals surface area contributed by atoms with E-state index in [1.165, 1.54) is 11.1 Å². The van der Waals surface area contributed by atoms with Crippen molar-refractivity contribution in [1.82, 2.24) is 19.8 Å². The molecule has 0 bridgehead atoms. The van der Waals surface area contributed by atoms with Gasteiger partial charge in [-0.15, -0.1) is 0 Å². The van der Waals surface area contributed by atoms with Crippen molar-refractivity contribution in [3.05, 3.63) is 88.5 Å². The molecular weight excluding hydrogens is 522 g/mol. The highest BCUT2D eigenvalue weighted by atomic mass is 16.2. The molecule has 1 aromatic heterocycles. The molecule has 5 rings (SSSR count). The number of hydrogen-bond acceptors (Lipinski definition) is 4. The van der Waals surface area contributed by atoms with Gasteiger partial charge in [0.25, 0.3) is 5.91 Å². The van der Waals surface area contributed by atoms with Crippen LogP contribution in [0.3, 0.4) is 0 Å². The van der Waals surface area contributed by atoms with Crippen molar-refractivity contribution >= 4 is 11.8 Å². The normalized spacial score (nSPS) is 21.1. The number of benzene rings is 2. The number of rotatable bonds is 5. The molecule has 224 valence electrons. The second-order valence-electron chi connectivity index (χ2n) is 14.3. The highest BCUT2D eigenvalue weighted by Gasteiger charge is 2.39. The Morgan fingerprint density at radius 1 is 0.905 bits per heavy atom. The number of hydrogen-bond donors (Lipinski definition) is 2. The van der Waals surface area contributed by atoms with E-state index in [4.69, 9.17) is 10.7 Å². The Morgan fingerprint density at radius 2 is 1.50 bits per heavy atom. The Morgan fingerprint density at radius 3 is 2.10 bits per heavy atom. The number of amides is 2. The molecular formula is C35H47N5O2. The molecule has 2 amide bonds. The molecule has 3 unspecified atom stereocenters. The summed E-state index contributed by atoms with van der Waals surface area (Å²) in [5.74, 6) is -0.286. The van der Waals surface area contributed by atoms with Crippen LogP contribution in [0.5, 0.6) is 0 Å². The van der Waals surface area contributed by atoms with Gasteiger partial charge in [-0.2, -0.15) is 0 Å². The first kappa shape index (κ1) is 30.0. The Bertz CT molecular complexity index is 1410. The summed E-state index contributed by atoms with van der Waals surface area (Å²) in [6.07, 6.45) is 6.15. The van der Waals surface area contributed by atoms with E-state index in [1.54, 1.807) is 4.90 Å². The molecule has 1 aliphatic carbocycles. The van der Waals surface area contributed by atoms with E-state index in [-0.39, 0.29) is 34.7 Å².